The van der Waals surface area contributed by atoms with Crippen LogP contribution < -0.4 is 10.1 Å². The number of halogens is 4. The number of hydrogen-bond acceptors (Lipinski definition) is 6. The number of ketones is 1. The van der Waals surface area contributed by atoms with Gasteiger partial charge in [0.2, 0.25) is 23.4 Å². The van der Waals surface area contributed by atoms with Crippen molar-refractivity contribution in [2.24, 2.45) is 0 Å². The first-order chi connectivity index (χ1) is 19.5. The average Bonchev–Trinajstić information content (AvgIpc) is 2.92. The summed E-state index contributed by atoms with van der Waals surface area (Å²) in [6.45, 7) is -0.567. The lowest BCUT2D eigenvalue weighted by Gasteiger charge is -2.34. The number of aliphatic carboxylic acids is 1. The minimum atomic E-state index is -1.88. The largest absolute Gasteiger partial charge is 0.481 e. The van der Waals surface area contributed by atoms with Crippen molar-refractivity contribution in [3.05, 3.63) is 77.4 Å². The lowest BCUT2D eigenvalue weighted by molar-refractivity contribution is -0.140. The second-order valence-corrected chi connectivity index (χ2v) is 9.48. The zero-order valence-corrected chi connectivity index (χ0v) is 21.5. The molecule has 1 atom stereocenters. The number of nitrogens with zero attached hydrogens (tertiary/aromatic N) is 2. The molecule has 1 aliphatic rings. The molecular weight excluding hydrogens is 550 g/mol. The van der Waals surface area contributed by atoms with Crippen molar-refractivity contribution >= 4 is 34.3 Å². The summed E-state index contributed by atoms with van der Waals surface area (Å²) in [4.78, 5) is 52.3. The van der Waals surface area contributed by atoms with E-state index in [4.69, 9.17) is 5.11 Å². The van der Waals surface area contributed by atoms with Gasteiger partial charge in [-0.15, -0.1) is 0 Å². The molecule has 3 aromatic rings. The van der Waals surface area contributed by atoms with Gasteiger partial charge in [-0.2, -0.15) is 8.78 Å². The molecule has 1 heterocycles. The van der Waals surface area contributed by atoms with Crippen LogP contribution in [0.2, 0.25) is 0 Å². The standard InChI is InChI=1S/C28H25F4N3O6/c29-19-10-20(30)27(32)28(26(19)31)41-15-22(36)21(11-25(39)40)33-23(37)13-34-7-8-35(24(38)14-34)12-16-5-6-17-3-1-2-4-18(17)9-16/h1-6,9-10,21H,7-8,11-15H2,(H,33,37)(H,39,40)/t21-/m0/s1. The van der Waals surface area contributed by atoms with Gasteiger partial charge in [-0.05, 0) is 22.4 Å². The van der Waals surface area contributed by atoms with E-state index in [2.05, 4.69) is 10.1 Å². The fourth-order valence-corrected chi connectivity index (χ4v) is 4.40. The van der Waals surface area contributed by atoms with E-state index in [-0.39, 0.29) is 25.1 Å². The summed E-state index contributed by atoms with van der Waals surface area (Å²) in [7, 11) is 0. The molecule has 0 spiro atoms. The second-order valence-electron chi connectivity index (χ2n) is 9.48. The van der Waals surface area contributed by atoms with Crippen LogP contribution in [-0.2, 0) is 25.7 Å². The third-order valence-electron chi connectivity index (χ3n) is 6.49. The van der Waals surface area contributed by atoms with Gasteiger partial charge in [0.25, 0.3) is 0 Å². The number of benzene rings is 3. The van der Waals surface area contributed by atoms with Crippen molar-refractivity contribution in [1.29, 1.82) is 0 Å². The smallest absolute Gasteiger partial charge is 0.305 e. The Hall–Kier alpha value is -4.52. The van der Waals surface area contributed by atoms with Crippen molar-refractivity contribution in [1.82, 2.24) is 15.1 Å². The van der Waals surface area contributed by atoms with Crippen molar-refractivity contribution in [3.63, 3.8) is 0 Å². The molecule has 0 aliphatic carbocycles. The molecule has 1 aliphatic heterocycles. The zero-order chi connectivity index (χ0) is 29.7. The van der Waals surface area contributed by atoms with Crippen LogP contribution in [0.25, 0.3) is 10.8 Å². The number of rotatable bonds is 11. The number of piperazine rings is 1. The predicted octanol–water partition coefficient (Wildman–Crippen LogP) is 2.65. The minimum Gasteiger partial charge on any atom is -0.481 e. The molecule has 2 amide bonds. The Morgan fingerprint density at radius 3 is 2.29 bits per heavy atom. The summed E-state index contributed by atoms with van der Waals surface area (Å²) in [5, 5.41) is 13.5. The summed E-state index contributed by atoms with van der Waals surface area (Å²) < 4.78 is 58.9. The molecule has 2 N–H and O–H groups in total. The molecule has 0 saturated carbocycles. The normalized spacial score (nSPS) is 14.6. The summed E-state index contributed by atoms with van der Waals surface area (Å²) in [6, 6.07) is 12.0. The SMILES string of the molecule is O=C(O)C[C@H](NC(=O)CN1CCN(Cc2ccc3ccccc3c2)C(=O)C1)C(=O)COc1c(F)c(F)cc(F)c1F. The highest BCUT2D eigenvalue weighted by atomic mass is 19.2. The van der Waals surface area contributed by atoms with E-state index >= 15 is 0 Å². The minimum absolute atomic E-state index is 0.0409. The van der Waals surface area contributed by atoms with Crippen LogP contribution in [-0.4, -0.2) is 77.3 Å². The van der Waals surface area contributed by atoms with E-state index in [1.165, 1.54) is 4.90 Å². The molecular formula is C28H25F4N3O6. The van der Waals surface area contributed by atoms with Crippen LogP contribution in [0.15, 0.2) is 48.5 Å². The maximum atomic E-state index is 13.8. The Balaban J connectivity index is 1.31. The van der Waals surface area contributed by atoms with Crippen LogP contribution in [0.4, 0.5) is 17.6 Å². The van der Waals surface area contributed by atoms with Crippen molar-refractivity contribution in [2.75, 3.05) is 32.8 Å². The van der Waals surface area contributed by atoms with Crippen LogP contribution in [0.5, 0.6) is 5.75 Å². The molecule has 9 nitrogen and oxygen atoms in total. The molecule has 0 unspecified atom stereocenters. The molecule has 1 saturated heterocycles. The Kier molecular flexibility index (Phi) is 9.17. The van der Waals surface area contributed by atoms with Gasteiger partial charge in [0.1, 0.15) is 12.6 Å². The fraction of sp³-hybridized carbons (Fsp3) is 0.286. The summed E-state index contributed by atoms with van der Waals surface area (Å²) >= 11 is 0. The van der Waals surface area contributed by atoms with Crippen molar-refractivity contribution < 1.29 is 46.6 Å². The molecule has 216 valence electrons. The molecule has 4 rings (SSSR count). The van der Waals surface area contributed by atoms with Gasteiger partial charge in [-0.25, -0.2) is 8.78 Å². The zero-order valence-electron chi connectivity index (χ0n) is 21.5. The summed E-state index contributed by atoms with van der Waals surface area (Å²) in [5.41, 5.74) is 0.946. The van der Waals surface area contributed by atoms with Crippen LogP contribution in [0.1, 0.15) is 12.0 Å². The fourth-order valence-electron chi connectivity index (χ4n) is 4.40. The molecule has 1 fully saturated rings. The van der Waals surface area contributed by atoms with E-state index < -0.39 is 65.7 Å². The van der Waals surface area contributed by atoms with E-state index in [9.17, 15) is 36.7 Å². The monoisotopic (exact) mass is 575 g/mol. The van der Waals surface area contributed by atoms with Crippen molar-refractivity contribution in [2.45, 2.75) is 19.0 Å². The molecule has 0 aromatic heterocycles. The Morgan fingerprint density at radius 1 is 0.951 bits per heavy atom. The number of ether oxygens (including phenoxy) is 1. The van der Waals surface area contributed by atoms with Gasteiger partial charge in [0, 0.05) is 25.7 Å². The Labute approximate surface area is 231 Å². The lowest BCUT2D eigenvalue weighted by Crippen LogP contribution is -2.54. The van der Waals surface area contributed by atoms with Gasteiger partial charge < -0.3 is 20.1 Å². The number of fused-ring (bicyclic) bond motifs is 1. The van der Waals surface area contributed by atoms with Gasteiger partial charge in [0.05, 0.1) is 19.5 Å². The Bertz CT molecular complexity index is 1470. The van der Waals surface area contributed by atoms with E-state index in [1.807, 2.05) is 42.5 Å². The summed E-state index contributed by atoms with van der Waals surface area (Å²) in [5.74, 6) is -12.3. The topological polar surface area (TPSA) is 116 Å². The highest BCUT2D eigenvalue weighted by molar-refractivity contribution is 5.93. The van der Waals surface area contributed by atoms with Gasteiger partial charge in [0.15, 0.2) is 23.2 Å². The predicted molar refractivity (Wildman–Crippen MR) is 137 cm³/mol. The third kappa shape index (κ3) is 7.37. The molecule has 3 aromatic carbocycles. The summed E-state index contributed by atoms with van der Waals surface area (Å²) in [6.07, 6.45) is -0.894. The Morgan fingerprint density at radius 2 is 1.63 bits per heavy atom. The highest BCUT2D eigenvalue weighted by Gasteiger charge is 2.29. The van der Waals surface area contributed by atoms with Gasteiger partial charge >= 0.3 is 5.97 Å². The number of Topliss-reactive ketones (excluding diaryl/α,β-unsaturated/α-hetero) is 1. The van der Waals surface area contributed by atoms with Crippen LogP contribution in [0, 0.1) is 23.3 Å². The number of nitrogens with one attached hydrogen (secondary N) is 1. The number of carbonyl (C=O) groups excluding carboxylic acids is 3. The van der Waals surface area contributed by atoms with Crippen LogP contribution in [0.3, 0.4) is 0 Å². The van der Waals surface area contributed by atoms with Gasteiger partial charge in [-0.3, -0.25) is 24.1 Å². The number of carboxylic acid groups (broad SMARTS) is 1. The number of amides is 2. The first-order valence-corrected chi connectivity index (χ1v) is 12.5. The van der Waals surface area contributed by atoms with E-state index in [1.54, 1.807) is 4.90 Å². The maximum Gasteiger partial charge on any atom is 0.305 e. The van der Waals surface area contributed by atoms with Gasteiger partial charge in [-0.1, -0.05) is 36.4 Å². The maximum absolute atomic E-state index is 13.8. The second kappa shape index (κ2) is 12.8. The first kappa shape index (κ1) is 29.5. The molecule has 0 bridgehead atoms. The third-order valence-corrected chi connectivity index (χ3v) is 6.49. The van der Waals surface area contributed by atoms with Crippen molar-refractivity contribution in [3.8, 4) is 5.75 Å². The van der Waals surface area contributed by atoms with E-state index in [0.29, 0.717) is 19.6 Å². The van der Waals surface area contributed by atoms with E-state index in [0.717, 1.165) is 16.3 Å². The number of hydrogen-bond donors (Lipinski definition) is 2. The number of carboxylic acids is 1. The van der Waals surface area contributed by atoms with Crippen LogP contribution >= 0.6 is 0 Å². The number of carbonyl (C=O) groups is 4. The molecule has 13 heteroatoms. The lowest BCUT2D eigenvalue weighted by atomic mass is 10.1. The molecule has 0 radical (unpaired) electrons. The quantitative estimate of drug-likeness (QED) is 0.267. The average molecular weight is 576 g/mol. The first-order valence-electron chi connectivity index (χ1n) is 12.5. The molecule has 41 heavy (non-hydrogen) atoms. The highest BCUT2D eigenvalue weighted by Crippen LogP contribution is 2.26.